The molecule has 3 aromatic rings. The number of aliphatic imine (C=N–C) groups is 1. The molecule has 3 rings (SSSR count). The molecule has 0 aliphatic rings. The third-order valence-electron chi connectivity index (χ3n) is 4.40. The van der Waals surface area contributed by atoms with E-state index >= 15 is 0 Å². The number of imidazole rings is 1. The molecule has 0 fully saturated rings. The van der Waals surface area contributed by atoms with Crippen LogP contribution in [0, 0.1) is 6.92 Å². The molecule has 1 aromatic carbocycles. The zero-order valence-corrected chi connectivity index (χ0v) is 19.3. The number of hydrogen-bond acceptors (Lipinski definition) is 3. The maximum absolute atomic E-state index is 4.82. The molecule has 0 aliphatic heterocycles. The number of halogens is 1. The zero-order valence-electron chi connectivity index (χ0n) is 16.2. The van der Waals surface area contributed by atoms with Gasteiger partial charge in [0.25, 0.3) is 0 Å². The van der Waals surface area contributed by atoms with Crippen molar-refractivity contribution in [1.29, 1.82) is 0 Å². The second kappa shape index (κ2) is 10.7. The van der Waals surface area contributed by atoms with Crippen molar-refractivity contribution in [3.8, 4) is 0 Å². The number of benzene rings is 1. The molecule has 0 saturated heterocycles. The normalized spacial score (nSPS) is 11.4. The highest BCUT2D eigenvalue weighted by Gasteiger charge is 2.08. The Labute approximate surface area is 182 Å². The lowest BCUT2D eigenvalue weighted by atomic mass is 10.3. The Hall–Kier alpha value is -1.61. The van der Waals surface area contributed by atoms with Gasteiger partial charge in [0.05, 0.1) is 17.6 Å². The SMILES string of the molecule is CCNC(=NCCn1c(C)nc2ccccc21)N(C)CCc1cccs1.I. The summed E-state index contributed by atoms with van der Waals surface area (Å²) in [7, 11) is 2.10. The third kappa shape index (κ3) is 5.68. The van der Waals surface area contributed by atoms with Crippen molar-refractivity contribution < 1.29 is 0 Å². The highest BCUT2D eigenvalue weighted by molar-refractivity contribution is 14.0. The number of nitrogens with zero attached hydrogens (tertiary/aromatic N) is 4. The largest absolute Gasteiger partial charge is 0.357 e. The summed E-state index contributed by atoms with van der Waals surface area (Å²) in [6.07, 6.45) is 1.05. The molecule has 146 valence electrons. The fourth-order valence-corrected chi connectivity index (χ4v) is 3.74. The number of hydrogen-bond donors (Lipinski definition) is 1. The highest BCUT2D eigenvalue weighted by atomic mass is 127. The Morgan fingerprint density at radius 2 is 2.07 bits per heavy atom. The first-order valence-electron chi connectivity index (χ1n) is 9.12. The summed E-state index contributed by atoms with van der Waals surface area (Å²) >= 11 is 1.81. The first kappa shape index (κ1) is 21.7. The molecule has 0 unspecified atom stereocenters. The number of likely N-dealkylation sites (N-methyl/N-ethyl adjacent to an activating group) is 1. The Morgan fingerprint density at radius 3 is 2.81 bits per heavy atom. The molecule has 0 atom stereocenters. The van der Waals surface area contributed by atoms with E-state index in [0.29, 0.717) is 0 Å². The average molecular weight is 497 g/mol. The fraction of sp³-hybridized carbons (Fsp3) is 0.400. The number of aryl methyl sites for hydroxylation is 1. The minimum Gasteiger partial charge on any atom is -0.357 e. The van der Waals surface area contributed by atoms with Gasteiger partial charge in [-0.25, -0.2) is 4.98 Å². The summed E-state index contributed by atoms with van der Waals surface area (Å²) in [6.45, 7) is 7.56. The number of rotatable bonds is 7. The molecule has 0 bridgehead atoms. The molecule has 1 N–H and O–H groups in total. The van der Waals surface area contributed by atoms with Crippen molar-refractivity contribution in [2.75, 3.05) is 26.7 Å². The number of fused-ring (bicyclic) bond motifs is 1. The Balaban J connectivity index is 0.00000261. The van der Waals surface area contributed by atoms with E-state index in [1.54, 1.807) is 0 Å². The predicted molar refractivity (Wildman–Crippen MR) is 127 cm³/mol. The highest BCUT2D eigenvalue weighted by Crippen LogP contribution is 2.15. The smallest absolute Gasteiger partial charge is 0.193 e. The van der Waals surface area contributed by atoms with Crippen LogP contribution in [-0.2, 0) is 13.0 Å². The van der Waals surface area contributed by atoms with Crippen molar-refractivity contribution in [3.05, 3.63) is 52.5 Å². The number of thiophene rings is 1. The number of para-hydroxylation sites is 2. The summed E-state index contributed by atoms with van der Waals surface area (Å²) in [5, 5.41) is 5.53. The van der Waals surface area contributed by atoms with Gasteiger partial charge in [0.2, 0.25) is 0 Å². The van der Waals surface area contributed by atoms with E-state index in [1.807, 2.05) is 17.4 Å². The molecular formula is C20H28IN5S. The van der Waals surface area contributed by atoms with Gasteiger partial charge in [-0.1, -0.05) is 18.2 Å². The van der Waals surface area contributed by atoms with Gasteiger partial charge in [0.1, 0.15) is 5.82 Å². The van der Waals surface area contributed by atoms with E-state index in [4.69, 9.17) is 4.99 Å². The van der Waals surface area contributed by atoms with Crippen LogP contribution in [0.15, 0.2) is 46.8 Å². The van der Waals surface area contributed by atoms with Gasteiger partial charge in [-0.05, 0) is 43.8 Å². The van der Waals surface area contributed by atoms with Crippen molar-refractivity contribution in [2.24, 2.45) is 4.99 Å². The molecule has 0 amide bonds. The number of aromatic nitrogens is 2. The van der Waals surface area contributed by atoms with E-state index in [-0.39, 0.29) is 24.0 Å². The van der Waals surface area contributed by atoms with E-state index < -0.39 is 0 Å². The van der Waals surface area contributed by atoms with E-state index in [9.17, 15) is 0 Å². The van der Waals surface area contributed by atoms with E-state index in [1.165, 1.54) is 10.4 Å². The Morgan fingerprint density at radius 1 is 1.26 bits per heavy atom. The van der Waals surface area contributed by atoms with Gasteiger partial charge in [-0.3, -0.25) is 4.99 Å². The second-order valence-corrected chi connectivity index (χ2v) is 7.32. The zero-order chi connectivity index (χ0) is 18.4. The average Bonchev–Trinajstić information content (AvgIpc) is 3.27. The Bertz CT molecular complexity index is 857. The molecule has 0 aliphatic carbocycles. The molecule has 0 radical (unpaired) electrons. The molecule has 27 heavy (non-hydrogen) atoms. The summed E-state index contributed by atoms with van der Waals surface area (Å²) in [4.78, 5) is 13.1. The molecular weight excluding hydrogens is 469 g/mol. The van der Waals surface area contributed by atoms with Crippen LogP contribution in [-0.4, -0.2) is 47.1 Å². The van der Waals surface area contributed by atoms with Crippen LogP contribution in [0.2, 0.25) is 0 Å². The number of nitrogens with one attached hydrogen (secondary N) is 1. The van der Waals surface area contributed by atoms with Crippen molar-refractivity contribution in [2.45, 2.75) is 26.8 Å². The van der Waals surface area contributed by atoms with Crippen molar-refractivity contribution >= 4 is 52.3 Å². The van der Waals surface area contributed by atoms with E-state index in [0.717, 1.165) is 49.9 Å². The standard InChI is InChI=1S/C20H27N5S.HI/c1-4-21-20(24(3)13-11-17-8-7-15-26-17)22-12-14-25-16(2)23-18-9-5-6-10-19(18)25;/h5-10,15H,4,11-14H2,1-3H3,(H,21,22);1H. The topological polar surface area (TPSA) is 45.5 Å². The first-order valence-corrected chi connectivity index (χ1v) is 10.0. The Kier molecular flexibility index (Phi) is 8.56. The quantitative estimate of drug-likeness (QED) is 0.303. The first-order chi connectivity index (χ1) is 12.7. The van der Waals surface area contributed by atoms with Crippen molar-refractivity contribution in [1.82, 2.24) is 19.8 Å². The minimum atomic E-state index is 0. The van der Waals surface area contributed by atoms with Gasteiger partial charge in [-0.15, -0.1) is 35.3 Å². The third-order valence-corrected chi connectivity index (χ3v) is 5.34. The van der Waals surface area contributed by atoms with Gasteiger partial charge >= 0.3 is 0 Å². The summed E-state index contributed by atoms with van der Waals surface area (Å²) in [5.41, 5.74) is 2.23. The van der Waals surface area contributed by atoms with Gasteiger partial charge in [0, 0.05) is 31.6 Å². The lowest BCUT2D eigenvalue weighted by Crippen LogP contribution is -2.40. The molecule has 7 heteroatoms. The van der Waals surface area contributed by atoms with Crippen LogP contribution >= 0.6 is 35.3 Å². The molecule has 2 heterocycles. The lowest BCUT2D eigenvalue weighted by molar-refractivity contribution is 0.485. The maximum atomic E-state index is 4.82. The molecule has 0 spiro atoms. The van der Waals surface area contributed by atoms with Crippen LogP contribution in [0.1, 0.15) is 17.6 Å². The number of guanidine groups is 1. The minimum absolute atomic E-state index is 0. The summed E-state index contributed by atoms with van der Waals surface area (Å²) in [6, 6.07) is 12.6. The monoisotopic (exact) mass is 497 g/mol. The van der Waals surface area contributed by atoms with Crippen LogP contribution < -0.4 is 5.32 Å². The lowest BCUT2D eigenvalue weighted by Gasteiger charge is -2.22. The molecule has 2 aromatic heterocycles. The van der Waals surface area contributed by atoms with Crippen molar-refractivity contribution in [3.63, 3.8) is 0 Å². The van der Waals surface area contributed by atoms with Gasteiger partial charge in [0.15, 0.2) is 5.96 Å². The van der Waals surface area contributed by atoms with Crippen LogP contribution in [0.25, 0.3) is 11.0 Å². The van der Waals surface area contributed by atoms with Gasteiger partial charge in [-0.2, -0.15) is 0 Å². The molecule has 0 saturated carbocycles. The second-order valence-electron chi connectivity index (χ2n) is 6.29. The van der Waals surface area contributed by atoms with Gasteiger partial charge < -0.3 is 14.8 Å². The maximum Gasteiger partial charge on any atom is 0.193 e. The molecule has 5 nitrogen and oxygen atoms in total. The van der Waals surface area contributed by atoms with Crippen LogP contribution in [0.5, 0.6) is 0 Å². The predicted octanol–water partition coefficient (Wildman–Crippen LogP) is 4.16. The fourth-order valence-electron chi connectivity index (χ4n) is 3.04. The summed E-state index contributed by atoms with van der Waals surface area (Å²) in [5.74, 6) is 2.00. The van der Waals surface area contributed by atoms with Crippen LogP contribution in [0.4, 0.5) is 0 Å². The van der Waals surface area contributed by atoms with E-state index in [2.05, 4.69) is 76.4 Å². The van der Waals surface area contributed by atoms with Crippen LogP contribution in [0.3, 0.4) is 0 Å². The summed E-state index contributed by atoms with van der Waals surface area (Å²) < 4.78 is 2.24.